The number of hydrogen-bond donors (Lipinski definition) is 2. The molecule has 0 saturated carbocycles. The fourth-order valence-electron chi connectivity index (χ4n) is 3.54. The number of amides is 1. The number of aromatic nitrogens is 2. The van der Waals surface area contributed by atoms with Gasteiger partial charge < -0.3 is 5.32 Å². The van der Waals surface area contributed by atoms with Gasteiger partial charge >= 0.3 is 0 Å². The number of nitrogens with two attached hydrogens (primary N) is 1. The minimum absolute atomic E-state index is 0.0349. The molecule has 3 N–H and O–H groups in total. The maximum atomic E-state index is 13.0. The van der Waals surface area contributed by atoms with Crippen molar-refractivity contribution in [2.24, 2.45) is 5.14 Å². The van der Waals surface area contributed by atoms with Crippen molar-refractivity contribution in [3.05, 3.63) is 50.9 Å². The number of anilines is 1. The van der Waals surface area contributed by atoms with Gasteiger partial charge in [0, 0.05) is 18.7 Å². The highest BCUT2D eigenvalue weighted by Crippen LogP contribution is 2.29. The molecule has 0 radical (unpaired) electrons. The number of primary sulfonamides is 1. The lowest BCUT2D eigenvalue weighted by molar-refractivity contribution is 0.103. The summed E-state index contributed by atoms with van der Waals surface area (Å²) in [5, 5.41) is 8.32. The standard InChI is InChI=1S/C19H20N4O4S2/c1-11-15-18(22-14-5-3-2-4-10-23(14)19(15)25)28-16(11)17(24)21-12-6-8-13(9-7-12)29(20,26)27/h6-9H,2-5,10H2,1H3,(H,21,24)(H2,20,26,27). The van der Waals surface area contributed by atoms with Gasteiger partial charge in [0.25, 0.3) is 11.5 Å². The van der Waals surface area contributed by atoms with E-state index in [0.29, 0.717) is 32.9 Å². The zero-order valence-electron chi connectivity index (χ0n) is 15.8. The molecule has 0 atom stereocenters. The number of sulfonamides is 1. The number of fused-ring (bicyclic) bond motifs is 2. The normalized spacial score (nSPS) is 14.4. The molecule has 2 aromatic heterocycles. The molecule has 0 saturated heterocycles. The van der Waals surface area contributed by atoms with Gasteiger partial charge in [-0.1, -0.05) is 6.42 Å². The second-order valence-electron chi connectivity index (χ2n) is 7.06. The van der Waals surface area contributed by atoms with Gasteiger partial charge in [-0.2, -0.15) is 0 Å². The maximum absolute atomic E-state index is 13.0. The summed E-state index contributed by atoms with van der Waals surface area (Å²) >= 11 is 1.20. The monoisotopic (exact) mass is 432 g/mol. The van der Waals surface area contributed by atoms with Gasteiger partial charge in [0.2, 0.25) is 10.0 Å². The highest BCUT2D eigenvalue weighted by molar-refractivity contribution is 7.89. The molecule has 8 nitrogen and oxygen atoms in total. The zero-order valence-corrected chi connectivity index (χ0v) is 17.4. The molecule has 0 unspecified atom stereocenters. The number of thiophene rings is 1. The predicted octanol–water partition coefficient (Wildman–Crippen LogP) is 2.39. The van der Waals surface area contributed by atoms with E-state index in [-0.39, 0.29) is 16.4 Å². The molecule has 4 rings (SSSR count). The van der Waals surface area contributed by atoms with Crippen LogP contribution in [-0.2, 0) is 23.0 Å². The summed E-state index contributed by atoms with van der Waals surface area (Å²) in [4.78, 5) is 31.4. The maximum Gasteiger partial charge on any atom is 0.266 e. The topological polar surface area (TPSA) is 124 Å². The molecular formula is C19H20N4O4S2. The summed E-state index contributed by atoms with van der Waals surface area (Å²) in [6.07, 6.45) is 3.79. The molecule has 3 heterocycles. The van der Waals surface area contributed by atoms with Crippen LogP contribution < -0.4 is 16.0 Å². The van der Waals surface area contributed by atoms with Crippen molar-refractivity contribution in [1.29, 1.82) is 0 Å². The number of rotatable bonds is 3. The second-order valence-corrected chi connectivity index (χ2v) is 9.62. The molecule has 1 aromatic carbocycles. The van der Waals surface area contributed by atoms with E-state index in [1.54, 1.807) is 11.5 Å². The first-order valence-corrected chi connectivity index (χ1v) is 11.6. The third kappa shape index (κ3) is 3.70. The van der Waals surface area contributed by atoms with Crippen LogP contribution in [0.5, 0.6) is 0 Å². The molecular weight excluding hydrogens is 412 g/mol. The van der Waals surface area contributed by atoms with E-state index in [1.165, 1.54) is 35.6 Å². The Balaban J connectivity index is 1.69. The van der Waals surface area contributed by atoms with Crippen LogP contribution in [-0.4, -0.2) is 23.9 Å². The highest BCUT2D eigenvalue weighted by Gasteiger charge is 2.22. The van der Waals surface area contributed by atoms with Gasteiger partial charge in [-0.15, -0.1) is 11.3 Å². The van der Waals surface area contributed by atoms with Gasteiger partial charge in [0.1, 0.15) is 10.7 Å². The first-order chi connectivity index (χ1) is 13.8. The van der Waals surface area contributed by atoms with E-state index in [1.807, 2.05) is 0 Å². The lowest BCUT2D eigenvalue weighted by Crippen LogP contribution is -2.24. The Morgan fingerprint density at radius 3 is 2.62 bits per heavy atom. The second kappa shape index (κ2) is 7.36. The minimum atomic E-state index is -3.80. The fourth-order valence-corrected chi connectivity index (χ4v) is 5.14. The quantitative estimate of drug-likeness (QED) is 0.658. The Morgan fingerprint density at radius 2 is 1.93 bits per heavy atom. The van der Waals surface area contributed by atoms with E-state index in [4.69, 9.17) is 5.14 Å². The van der Waals surface area contributed by atoms with Gasteiger partial charge in [0.15, 0.2) is 0 Å². The molecule has 0 spiro atoms. The lowest BCUT2D eigenvalue weighted by atomic mass is 10.2. The van der Waals surface area contributed by atoms with Gasteiger partial charge in [-0.25, -0.2) is 18.5 Å². The number of nitrogens with one attached hydrogen (secondary N) is 1. The molecule has 29 heavy (non-hydrogen) atoms. The van der Waals surface area contributed by atoms with Crippen LogP contribution in [0.4, 0.5) is 5.69 Å². The van der Waals surface area contributed by atoms with Gasteiger partial charge in [-0.3, -0.25) is 14.2 Å². The van der Waals surface area contributed by atoms with Crippen molar-refractivity contribution in [3.8, 4) is 0 Å². The molecule has 1 amide bonds. The van der Waals surface area contributed by atoms with Crippen molar-refractivity contribution < 1.29 is 13.2 Å². The van der Waals surface area contributed by atoms with E-state index < -0.39 is 10.0 Å². The number of carbonyl (C=O) groups excluding carboxylic acids is 1. The van der Waals surface area contributed by atoms with Crippen molar-refractivity contribution in [2.45, 2.75) is 44.0 Å². The number of benzene rings is 1. The summed E-state index contributed by atoms with van der Waals surface area (Å²) in [5.41, 5.74) is 0.956. The van der Waals surface area contributed by atoms with E-state index in [2.05, 4.69) is 10.3 Å². The van der Waals surface area contributed by atoms with Crippen LogP contribution in [0.25, 0.3) is 10.2 Å². The van der Waals surface area contributed by atoms with Crippen LogP contribution in [0.1, 0.15) is 40.3 Å². The van der Waals surface area contributed by atoms with Crippen molar-refractivity contribution in [1.82, 2.24) is 9.55 Å². The average Bonchev–Trinajstić information content (AvgIpc) is 2.84. The molecule has 152 valence electrons. The molecule has 0 bridgehead atoms. The highest BCUT2D eigenvalue weighted by atomic mass is 32.2. The SMILES string of the molecule is Cc1c(C(=O)Nc2ccc(S(N)(=O)=O)cc2)sc2nc3n(c(=O)c12)CCCCC3. The predicted molar refractivity (Wildman–Crippen MR) is 112 cm³/mol. The summed E-state index contributed by atoms with van der Waals surface area (Å²) in [6.45, 7) is 2.41. The van der Waals surface area contributed by atoms with Crippen molar-refractivity contribution in [3.63, 3.8) is 0 Å². The van der Waals surface area contributed by atoms with Gasteiger partial charge in [0.05, 0.1) is 15.2 Å². The fraction of sp³-hybridized carbons (Fsp3) is 0.316. The van der Waals surface area contributed by atoms with Crippen molar-refractivity contribution in [2.75, 3.05) is 5.32 Å². The van der Waals surface area contributed by atoms with Crippen LogP contribution in [0.2, 0.25) is 0 Å². The first-order valence-electron chi connectivity index (χ1n) is 9.23. The van der Waals surface area contributed by atoms with Crippen molar-refractivity contribution >= 4 is 43.2 Å². The average molecular weight is 433 g/mol. The van der Waals surface area contributed by atoms with E-state index in [9.17, 15) is 18.0 Å². The van der Waals surface area contributed by atoms with Crippen LogP contribution in [0.3, 0.4) is 0 Å². The Kier molecular flexibility index (Phi) is 5.01. The summed E-state index contributed by atoms with van der Waals surface area (Å²) < 4.78 is 24.4. The Bertz CT molecular complexity index is 1270. The summed E-state index contributed by atoms with van der Waals surface area (Å²) in [7, 11) is -3.80. The lowest BCUT2D eigenvalue weighted by Gasteiger charge is -2.08. The van der Waals surface area contributed by atoms with Gasteiger partial charge in [-0.05, 0) is 49.6 Å². The number of aryl methyl sites for hydroxylation is 2. The third-order valence-electron chi connectivity index (χ3n) is 5.06. The Morgan fingerprint density at radius 1 is 1.21 bits per heavy atom. The summed E-state index contributed by atoms with van der Waals surface area (Å²) in [6, 6.07) is 5.59. The summed E-state index contributed by atoms with van der Waals surface area (Å²) in [5.74, 6) is 0.417. The Labute approximate surface area is 171 Å². The third-order valence-corrected chi connectivity index (χ3v) is 7.17. The molecule has 3 aromatic rings. The first kappa shape index (κ1) is 19.7. The van der Waals surface area contributed by atoms with Crippen LogP contribution in [0, 0.1) is 6.92 Å². The minimum Gasteiger partial charge on any atom is -0.321 e. The molecule has 10 heteroatoms. The number of nitrogens with zero attached hydrogens (tertiary/aromatic N) is 2. The van der Waals surface area contributed by atoms with E-state index in [0.717, 1.165) is 31.5 Å². The zero-order chi connectivity index (χ0) is 20.8. The van der Waals surface area contributed by atoms with E-state index >= 15 is 0 Å². The molecule has 0 aliphatic carbocycles. The molecule has 1 aliphatic rings. The number of hydrogen-bond acceptors (Lipinski definition) is 6. The Hall–Kier alpha value is -2.56. The molecule has 0 fully saturated rings. The van der Waals surface area contributed by atoms with Crippen LogP contribution in [0.15, 0.2) is 34.0 Å². The van der Waals surface area contributed by atoms with Crippen LogP contribution >= 0.6 is 11.3 Å². The smallest absolute Gasteiger partial charge is 0.266 e. The largest absolute Gasteiger partial charge is 0.321 e. The molecule has 1 aliphatic heterocycles. The number of carbonyl (C=O) groups is 1.